The smallest absolute Gasteiger partial charge is 0.392 e. The van der Waals surface area contributed by atoms with E-state index in [9.17, 15) is 23.1 Å². The third-order valence-corrected chi connectivity index (χ3v) is 4.98. The van der Waals surface area contributed by atoms with E-state index < -0.39 is 23.8 Å². The van der Waals surface area contributed by atoms with Crippen molar-refractivity contribution in [2.75, 3.05) is 0 Å². The number of halogens is 3. The number of aliphatic hydroxyl groups excluding tert-OH is 1. The van der Waals surface area contributed by atoms with Crippen LogP contribution in [0.15, 0.2) is 83.9 Å². The van der Waals surface area contributed by atoms with Crippen molar-refractivity contribution in [3.8, 4) is 11.3 Å². The van der Waals surface area contributed by atoms with E-state index in [1.54, 1.807) is 18.2 Å². The first kappa shape index (κ1) is 21.4. The number of nitrogens with zero attached hydrogens (tertiary/aromatic N) is 2. The molecule has 1 heterocycles. The average Bonchev–Trinajstić information content (AvgIpc) is 2.71. The predicted molar refractivity (Wildman–Crippen MR) is 109 cm³/mol. The lowest BCUT2D eigenvalue weighted by atomic mass is 9.85. The van der Waals surface area contributed by atoms with Gasteiger partial charge in [0.2, 0.25) is 0 Å². The van der Waals surface area contributed by atoms with Gasteiger partial charge in [0, 0.05) is 11.6 Å². The van der Waals surface area contributed by atoms with E-state index >= 15 is 0 Å². The molecule has 0 amide bonds. The van der Waals surface area contributed by atoms with Gasteiger partial charge in [0.1, 0.15) is 0 Å². The van der Waals surface area contributed by atoms with Crippen LogP contribution in [0.1, 0.15) is 24.0 Å². The lowest BCUT2D eigenvalue weighted by Gasteiger charge is -2.25. The minimum absolute atomic E-state index is 0.166. The molecule has 156 valence electrons. The highest BCUT2D eigenvalue weighted by atomic mass is 19.4. The normalized spacial score (nSPS) is 13.6. The summed E-state index contributed by atoms with van der Waals surface area (Å²) >= 11 is 0. The second kappa shape index (κ2) is 8.57. The molecule has 2 unspecified atom stereocenters. The molecule has 4 nitrogen and oxygen atoms in total. The summed E-state index contributed by atoms with van der Waals surface area (Å²) in [5.74, 6) is -3.59. The summed E-state index contributed by atoms with van der Waals surface area (Å²) in [5, 5.41) is 14.1. The zero-order chi connectivity index (χ0) is 21.9. The van der Waals surface area contributed by atoms with Crippen LogP contribution in [0.4, 0.5) is 13.2 Å². The van der Waals surface area contributed by atoms with E-state index in [2.05, 4.69) is 11.7 Å². The van der Waals surface area contributed by atoms with Gasteiger partial charge in [0.15, 0.2) is 0 Å². The van der Waals surface area contributed by atoms with Crippen LogP contribution in [0, 0.1) is 5.92 Å². The van der Waals surface area contributed by atoms with Gasteiger partial charge in [-0.05, 0) is 17.2 Å². The van der Waals surface area contributed by atoms with Crippen LogP contribution in [0.5, 0.6) is 0 Å². The van der Waals surface area contributed by atoms with Gasteiger partial charge < -0.3 is 5.11 Å². The van der Waals surface area contributed by atoms with Crippen molar-refractivity contribution >= 4 is 0 Å². The lowest BCUT2D eigenvalue weighted by molar-refractivity contribution is -0.175. The van der Waals surface area contributed by atoms with Crippen molar-refractivity contribution in [3.63, 3.8) is 0 Å². The maximum absolute atomic E-state index is 13.1. The standard InChI is InChI=1S/C23H21F3N2O2/c1-15(23(24,25)26)22(16(2)29)19-10-8-17(9-11-19)14-28-21(30)13-12-20(27-28)18-6-4-3-5-7-18/h3-13,15,22,29H,2,14H2,1H3. The number of hydrogen-bond acceptors (Lipinski definition) is 3. The van der Waals surface area contributed by atoms with Crippen LogP contribution in [-0.2, 0) is 6.54 Å². The maximum Gasteiger partial charge on any atom is 0.392 e. The first-order chi connectivity index (χ1) is 14.2. The van der Waals surface area contributed by atoms with Crippen molar-refractivity contribution < 1.29 is 18.3 Å². The van der Waals surface area contributed by atoms with E-state index in [-0.39, 0.29) is 12.1 Å². The van der Waals surface area contributed by atoms with Crippen molar-refractivity contribution in [1.29, 1.82) is 0 Å². The highest BCUT2D eigenvalue weighted by Crippen LogP contribution is 2.40. The highest BCUT2D eigenvalue weighted by molar-refractivity contribution is 5.57. The van der Waals surface area contributed by atoms with E-state index in [1.807, 2.05) is 30.3 Å². The zero-order valence-corrected chi connectivity index (χ0v) is 16.3. The van der Waals surface area contributed by atoms with Crippen LogP contribution in [0.3, 0.4) is 0 Å². The molecule has 1 N–H and O–H groups in total. The van der Waals surface area contributed by atoms with Crippen molar-refractivity contribution in [1.82, 2.24) is 9.78 Å². The fourth-order valence-electron chi connectivity index (χ4n) is 3.29. The second-order valence-corrected chi connectivity index (χ2v) is 7.12. The van der Waals surface area contributed by atoms with Crippen LogP contribution in [0.2, 0.25) is 0 Å². The topological polar surface area (TPSA) is 55.1 Å². The Bertz CT molecular complexity index is 1070. The fourth-order valence-corrected chi connectivity index (χ4v) is 3.29. The van der Waals surface area contributed by atoms with Gasteiger partial charge in [0.25, 0.3) is 5.56 Å². The molecule has 0 aliphatic heterocycles. The summed E-state index contributed by atoms with van der Waals surface area (Å²) in [4.78, 5) is 12.2. The fraction of sp³-hybridized carbons (Fsp3) is 0.217. The number of aliphatic hydroxyl groups is 1. The Morgan fingerprint density at radius 1 is 1.07 bits per heavy atom. The molecule has 7 heteroatoms. The SMILES string of the molecule is C=C(O)C(c1ccc(Cn2nc(-c3ccccc3)ccc2=O)cc1)C(C)C(F)(F)F. The molecule has 0 saturated carbocycles. The molecule has 3 aromatic rings. The Kier molecular flexibility index (Phi) is 6.10. The van der Waals surface area contributed by atoms with Gasteiger partial charge >= 0.3 is 6.18 Å². The highest BCUT2D eigenvalue weighted by Gasteiger charge is 2.43. The molecule has 0 aliphatic rings. The zero-order valence-electron chi connectivity index (χ0n) is 16.3. The van der Waals surface area contributed by atoms with Gasteiger partial charge in [-0.1, -0.05) is 68.1 Å². The molecular weight excluding hydrogens is 393 g/mol. The average molecular weight is 414 g/mol. The quantitative estimate of drug-likeness (QED) is 0.556. The Morgan fingerprint density at radius 2 is 1.70 bits per heavy atom. The number of allylic oxidation sites excluding steroid dienone is 1. The second-order valence-electron chi connectivity index (χ2n) is 7.12. The number of aromatic nitrogens is 2. The molecule has 0 fully saturated rings. The molecule has 0 aliphatic carbocycles. The molecule has 2 aromatic carbocycles. The number of hydrogen-bond donors (Lipinski definition) is 1. The molecule has 0 bridgehead atoms. The lowest BCUT2D eigenvalue weighted by Crippen LogP contribution is -2.27. The Balaban J connectivity index is 1.86. The minimum atomic E-state index is -4.47. The number of alkyl halides is 3. The molecular formula is C23H21F3N2O2. The third kappa shape index (κ3) is 4.79. The summed E-state index contributed by atoms with van der Waals surface area (Å²) in [6.45, 7) is 4.49. The van der Waals surface area contributed by atoms with Crippen molar-refractivity contribution in [3.05, 3.63) is 101 Å². The van der Waals surface area contributed by atoms with Gasteiger partial charge in [-0.3, -0.25) is 4.79 Å². The van der Waals surface area contributed by atoms with E-state index in [0.29, 0.717) is 16.8 Å². The first-order valence-corrected chi connectivity index (χ1v) is 9.33. The van der Waals surface area contributed by atoms with Crippen LogP contribution in [0.25, 0.3) is 11.3 Å². The Labute approximate surface area is 171 Å². The van der Waals surface area contributed by atoms with E-state index in [4.69, 9.17) is 0 Å². The number of rotatable bonds is 6. The van der Waals surface area contributed by atoms with Crippen LogP contribution < -0.4 is 5.56 Å². The summed E-state index contributed by atoms with van der Waals surface area (Å²) in [7, 11) is 0. The molecule has 0 radical (unpaired) electrons. The van der Waals surface area contributed by atoms with E-state index in [1.165, 1.54) is 22.9 Å². The van der Waals surface area contributed by atoms with Crippen molar-refractivity contribution in [2.45, 2.75) is 25.6 Å². The molecule has 2 atom stereocenters. The molecule has 1 aromatic heterocycles. The van der Waals surface area contributed by atoms with Crippen LogP contribution in [-0.4, -0.2) is 21.1 Å². The van der Waals surface area contributed by atoms with E-state index in [0.717, 1.165) is 12.5 Å². The monoisotopic (exact) mass is 414 g/mol. The molecule has 30 heavy (non-hydrogen) atoms. The van der Waals surface area contributed by atoms with Gasteiger partial charge in [-0.2, -0.15) is 18.3 Å². The van der Waals surface area contributed by atoms with Crippen molar-refractivity contribution in [2.24, 2.45) is 5.92 Å². The summed E-state index contributed by atoms with van der Waals surface area (Å²) < 4.78 is 40.7. The minimum Gasteiger partial charge on any atom is -0.512 e. The Hall–Kier alpha value is -3.35. The van der Waals surface area contributed by atoms with Gasteiger partial charge in [-0.15, -0.1) is 0 Å². The number of benzene rings is 2. The summed E-state index contributed by atoms with van der Waals surface area (Å²) in [5.41, 5.74) is 2.22. The third-order valence-electron chi connectivity index (χ3n) is 4.98. The summed E-state index contributed by atoms with van der Waals surface area (Å²) in [6.07, 6.45) is -4.47. The summed E-state index contributed by atoms with van der Waals surface area (Å²) in [6, 6.07) is 18.7. The molecule has 3 rings (SSSR count). The Morgan fingerprint density at radius 3 is 2.27 bits per heavy atom. The molecule has 0 spiro atoms. The first-order valence-electron chi connectivity index (χ1n) is 9.33. The largest absolute Gasteiger partial charge is 0.512 e. The van der Waals surface area contributed by atoms with Gasteiger partial charge in [-0.25, -0.2) is 4.68 Å². The van der Waals surface area contributed by atoms with Crippen LogP contribution >= 0.6 is 0 Å². The molecule has 0 saturated heterocycles. The van der Waals surface area contributed by atoms with Gasteiger partial charge in [0.05, 0.1) is 29.8 Å². The predicted octanol–water partition coefficient (Wildman–Crippen LogP) is 5.31. The maximum atomic E-state index is 13.1.